The maximum absolute atomic E-state index is 8.48. The van der Waals surface area contributed by atoms with Crippen molar-refractivity contribution < 1.29 is 5.11 Å². The minimum absolute atomic E-state index is 0.157. The van der Waals surface area contributed by atoms with Crippen LogP contribution in [0.15, 0.2) is 36.0 Å². The fraction of sp³-hybridized carbons (Fsp3) is 0.538. The van der Waals surface area contributed by atoms with Crippen LogP contribution in [0.3, 0.4) is 0 Å². The van der Waals surface area contributed by atoms with E-state index in [9.17, 15) is 0 Å². The average Bonchev–Trinajstić information content (AvgIpc) is 2.15. The summed E-state index contributed by atoms with van der Waals surface area (Å²) in [6.07, 6.45) is 14.9. The SMILES string of the molecule is CC(C)=CCC/C=C/CC/C=C/CO. The number of aliphatic hydroxyl groups excluding tert-OH is 1. The van der Waals surface area contributed by atoms with Gasteiger partial charge in [0.1, 0.15) is 0 Å². The topological polar surface area (TPSA) is 20.2 Å². The lowest BCUT2D eigenvalue weighted by atomic mass is 10.2. The van der Waals surface area contributed by atoms with E-state index in [1.165, 1.54) is 5.57 Å². The highest BCUT2D eigenvalue weighted by Gasteiger charge is 1.79. The number of hydrogen-bond donors (Lipinski definition) is 1. The molecule has 1 nitrogen and oxygen atoms in total. The monoisotopic (exact) mass is 194 g/mol. The van der Waals surface area contributed by atoms with Gasteiger partial charge in [-0.25, -0.2) is 0 Å². The molecule has 0 saturated carbocycles. The van der Waals surface area contributed by atoms with Gasteiger partial charge in [0.2, 0.25) is 0 Å². The van der Waals surface area contributed by atoms with E-state index in [2.05, 4.69) is 32.1 Å². The highest BCUT2D eigenvalue weighted by atomic mass is 16.2. The predicted molar refractivity (Wildman–Crippen MR) is 63.3 cm³/mol. The molecule has 0 aromatic heterocycles. The van der Waals surface area contributed by atoms with Crippen molar-refractivity contribution in [3.63, 3.8) is 0 Å². The first-order valence-electron chi connectivity index (χ1n) is 5.31. The van der Waals surface area contributed by atoms with Gasteiger partial charge in [0, 0.05) is 0 Å². The van der Waals surface area contributed by atoms with E-state index in [-0.39, 0.29) is 6.61 Å². The molecule has 0 amide bonds. The summed E-state index contributed by atoms with van der Waals surface area (Å²) >= 11 is 0. The molecule has 0 aromatic carbocycles. The van der Waals surface area contributed by atoms with Gasteiger partial charge in [-0.3, -0.25) is 0 Å². The molecule has 0 aromatic rings. The van der Waals surface area contributed by atoms with Gasteiger partial charge < -0.3 is 5.11 Å². The van der Waals surface area contributed by atoms with Crippen LogP contribution < -0.4 is 0 Å². The Bertz CT molecular complexity index is 195. The lowest BCUT2D eigenvalue weighted by Crippen LogP contribution is -1.72. The summed E-state index contributed by atoms with van der Waals surface area (Å²) in [6, 6.07) is 0. The number of unbranched alkanes of at least 4 members (excludes halogenated alkanes) is 2. The Kier molecular flexibility index (Phi) is 9.66. The summed E-state index contributed by atoms with van der Waals surface area (Å²) in [6.45, 7) is 4.41. The highest BCUT2D eigenvalue weighted by molar-refractivity contribution is 4.95. The molecular weight excluding hydrogens is 172 g/mol. The third kappa shape index (κ3) is 11.2. The van der Waals surface area contributed by atoms with Gasteiger partial charge in [0.15, 0.2) is 0 Å². The van der Waals surface area contributed by atoms with Crippen LogP contribution in [-0.4, -0.2) is 11.7 Å². The van der Waals surface area contributed by atoms with Crippen molar-refractivity contribution in [1.82, 2.24) is 0 Å². The zero-order valence-electron chi connectivity index (χ0n) is 9.37. The molecule has 0 aliphatic rings. The Morgan fingerprint density at radius 1 is 0.857 bits per heavy atom. The molecule has 0 saturated heterocycles. The van der Waals surface area contributed by atoms with Gasteiger partial charge in [-0.2, -0.15) is 0 Å². The van der Waals surface area contributed by atoms with Crippen molar-refractivity contribution in [3.8, 4) is 0 Å². The second-order valence-corrected chi connectivity index (χ2v) is 3.56. The lowest BCUT2D eigenvalue weighted by Gasteiger charge is -1.90. The fourth-order valence-electron chi connectivity index (χ4n) is 1.09. The number of rotatable bonds is 7. The van der Waals surface area contributed by atoms with E-state index >= 15 is 0 Å². The summed E-state index contributed by atoms with van der Waals surface area (Å²) in [5, 5.41) is 8.48. The molecule has 0 aliphatic heterocycles. The molecule has 1 heteroatoms. The highest BCUT2D eigenvalue weighted by Crippen LogP contribution is 2.00. The number of hydrogen-bond acceptors (Lipinski definition) is 1. The van der Waals surface area contributed by atoms with Crippen molar-refractivity contribution in [2.45, 2.75) is 39.5 Å². The van der Waals surface area contributed by atoms with Crippen molar-refractivity contribution in [2.24, 2.45) is 0 Å². The Morgan fingerprint density at radius 2 is 1.36 bits per heavy atom. The van der Waals surface area contributed by atoms with E-state index in [0.29, 0.717) is 0 Å². The molecule has 0 heterocycles. The first-order chi connectivity index (χ1) is 6.77. The first-order valence-corrected chi connectivity index (χ1v) is 5.31. The van der Waals surface area contributed by atoms with E-state index in [4.69, 9.17) is 5.11 Å². The van der Waals surface area contributed by atoms with E-state index < -0.39 is 0 Å². The summed E-state index contributed by atoms with van der Waals surface area (Å²) in [5.41, 5.74) is 1.39. The van der Waals surface area contributed by atoms with Crippen LogP contribution in [0.5, 0.6) is 0 Å². The van der Waals surface area contributed by atoms with Gasteiger partial charge in [0.25, 0.3) is 0 Å². The van der Waals surface area contributed by atoms with Crippen LogP contribution in [0.1, 0.15) is 39.5 Å². The predicted octanol–water partition coefficient (Wildman–Crippen LogP) is 3.62. The summed E-state index contributed by atoms with van der Waals surface area (Å²) in [5.74, 6) is 0. The average molecular weight is 194 g/mol. The van der Waals surface area contributed by atoms with Gasteiger partial charge in [-0.1, -0.05) is 36.0 Å². The maximum Gasteiger partial charge on any atom is 0.0612 e. The summed E-state index contributed by atoms with van der Waals surface area (Å²) in [7, 11) is 0. The molecule has 0 atom stereocenters. The second-order valence-electron chi connectivity index (χ2n) is 3.56. The molecule has 0 rings (SSSR count). The maximum atomic E-state index is 8.48. The van der Waals surface area contributed by atoms with Crippen LogP contribution in [-0.2, 0) is 0 Å². The minimum Gasteiger partial charge on any atom is -0.392 e. The van der Waals surface area contributed by atoms with Crippen molar-refractivity contribution in [2.75, 3.05) is 6.61 Å². The molecule has 0 fully saturated rings. The second kappa shape index (κ2) is 10.3. The standard InChI is InChI=1S/C13H22O/c1-13(2)11-9-7-5-3-4-6-8-10-12-14/h3,5,8,10-11,14H,4,6-7,9,12H2,1-2H3/b5-3+,10-8+. The third-order valence-corrected chi connectivity index (χ3v) is 1.82. The Morgan fingerprint density at radius 3 is 1.86 bits per heavy atom. The van der Waals surface area contributed by atoms with Crippen LogP contribution >= 0.6 is 0 Å². The van der Waals surface area contributed by atoms with Crippen molar-refractivity contribution >= 4 is 0 Å². The molecule has 0 aliphatic carbocycles. The lowest BCUT2D eigenvalue weighted by molar-refractivity contribution is 0.342. The number of aliphatic hydroxyl groups is 1. The van der Waals surface area contributed by atoms with Crippen LogP contribution in [0.2, 0.25) is 0 Å². The Hall–Kier alpha value is -0.820. The number of allylic oxidation sites excluding steroid dienone is 5. The molecule has 0 bridgehead atoms. The van der Waals surface area contributed by atoms with Gasteiger partial charge in [-0.05, 0) is 39.5 Å². The molecule has 14 heavy (non-hydrogen) atoms. The van der Waals surface area contributed by atoms with Gasteiger partial charge in [-0.15, -0.1) is 0 Å². The van der Waals surface area contributed by atoms with Crippen molar-refractivity contribution in [3.05, 3.63) is 36.0 Å². The van der Waals surface area contributed by atoms with E-state index in [0.717, 1.165) is 25.7 Å². The van der Waals surface area contributed by atoms with E-state index in [1.807, 2.05) is 6.08 Å². The quantitative estimate of drug-likeness (QED) is 0.485. The van der Waals surface area contributed by atoms with E-state index in [1.54, 1.807) is 6.08 Å². The fourth-order valence-corrected chi connectivity index (χ4v) is 1.09. The zero-order chi connectivity index (χ0) is 10.6. The molecule has 80 valence electrons. The largest absolute Gasteiger partial charge is 0.392 e. The first kappa shape index (κ1) is 13.2. The molecular formula is C13H22O. The normalized spacial score (nSPS) is 11.4. The molecule has 0 unspecified atom stereocenters. The summed E-state index contributed by atoms with van der Waals surface area (Å²) in [4.78, 5) is 0. The zero-order valence-corrected chi connectivity index (χ0v) is 9.37. The molecule has 0 spiro atoms. The van der Waals surface area contributed by atoms with Crippen LogP contribution in [0, 0.1) is 0 Å². The molecule has 0 radical (unpaired) electrons. The van der Waals surface area contributed by atoms with Crippen LogP contribution in [0.4, 0.5) is 0 Å². The molecule has 1 N–H and O–H groups in total. The third-order valence-electron chi connectivity index (χ3n) is 1.82. The Balaban J connectivity index is 3.28. The smallest absolute Gasteiger partial charge is 0.0612 e. The van der Waals surface area contributed by atoms with Gasteiger partial charge >= 0.3 is 0 Å². The minimum atomic E-state index is 0.157. The van der Waals surface area contributed by atoms with Crippen molar-refractivity contribution in [1.29, 1.82) is 0 Å². The Labute approximate surface area is 87.8 Å². The van der Waals surface area contributed by atoms with Crippen LogP contribution in [0.25, 0.3) is 0 Å². The van der Waals surface area contributed by atoms with Gasteiger partial charge in [0.05, 0.1) is 6.61 Å². The summed E-state index contributed by atoms with van der Waals surface area (Å²) < 4.78 is 0.